The van der Waals surface area contributed by atoms with Gasteiger partial charge in [-0.15, -0.1) is 0 Å². The van der Waals surface area contributed by atoms with E-state index >= 15 is 0 Å². The van der Waals surface area contributed by atoms with Gasteiger partial charge in [-0.05, 0) is 17.7 Å². The van der Waals surface area contributed by atoms with Crippen LogP contribution in [0.1, 0.15) is 33.8 Å². The van der Waals surface area contributed by atoms with Crippen LogP contribution in [0.2, 0.25) is 0 Å². The van der Waals surface area contributed by atoms with E-state index in [9.17, 15) is 19.5 Å². The second-order valence-electron chi connectivity index (χ2n) is 6.23. The van der Waals surface area contributed by atoms with Crippen molar-refractivity contribution in [3.8, 4) is 11.5 Å². The summed E-state index contributed by atoms with van der Waals surface area (Å²) in [4.78, 5) is 37.6. The quantitative estimate of drug-likeness (QED) is 0.811. The summed E-state index contributed by atoms with van der Waals surface area (Å²) in [6.45, 7) is 0. The van der Waals surface area contributed by atoms with Gasteiger partial charge in [0.2, 0.25) is 17.5 Å². The van der Waals surface area contributed by atoms with Crippen molar-refractivity contribution in [2.75, 3.05) is 7.11 Å². The molecule has 6 nitrogen and oxygen atoms in total. The minimum Gasteiger partial charge on any atom is -0.504 e. The zero-order valence-electron chi connectivity index (χ0n) is 13.9. The van der Waals surface area contributed by atoms with Crippen LogP contribution in [0.5, 0.6) is 11.5 Å². The maximum Gasteiger partial charge on any atom is 0.233 e. The van der Waals surface area contributed by atoms with Crippen LogP contribution < -0.4 is 10.1 Å². The Kier molecular flexibility index (Phi) is 3.61. The molecule has 1 heterocycles. The van der Waals surface area contributed by atoms with E-state index in [4.69, 9.17) is 4.74 Å². The van der Waals surface area contributed by atoms with Crippen LogP contribution in [0, 0.1) is 0 Å². The fraction of sp³-hybridized carbons (Fsp3) is 0.150. The monoisotopic (exact) mass is 349 g/mol. The lowest BCUT2D eigenvalue weighted by Crippen LogP contribution is -2.39. The molecule has 2 aromatic rings. The van der Waals surface area contributed by atoms with Gasteiger partial charge in [-0.25, -0.2) is 0 Å². The van der Waals surface area contributed by atoms with Crippen molar-refractivity contribution in [1.29, 1.82) is 0 Å². The number of carbonyl (C=O) groups is 3. The molecule has 130 valence electrons. The molecule has 0 spiro atoms. The van der Waals surface area contributed by atoms with E-state index in [-0.39, 0.29) is 29.2 Å². The Morgan fingerprint density at radius 1 is 1.04 bits per heavy atom. The second-order valence-corrected chi connectivity index (χ2v) is 6.23. The summed E-state index contributed by atoms with van der Waals surface area (Å²) in [6, 6.07) is 11.4. The average molecular weight is 349 g/mol. The summed E-state index contributed by atoms with van der Waals surface area (Å²) in [5, 5.41) is 12.8. The predicted molar refractivity (Wildman–Crippen MR) is 92.9 cm³/mol. The number of fused-ring (bicyclic) bond motifs is 2. The molecule has 0 radical (unpaired) electrons. The highest BCUT2D eigenvalue weighted by molar-refractivity contribution is 6.53. The first-order valence-electron chi connectivity index (χ1n) is 8.10. The molecule has 1 aliphatic carbocycles. The largest absolute Gasteiger partial charge is 0.504 e. The third-order valence-electron chi connectivity index (χ3n) is 4.77. The Labute approximate surface area is 149 Å². The summed E-state index contributed by atoms with van der Waals surface area (Å²) < 4.78 is 5.04. The fourth-order valence-electron chi connectivity index (χ4n) is 3.56. The summed E-state index contributed by atoms with van der Waals surface area (Å²) in [7, 11) is 1.43. The predicted octanol–water partition coefficient (Wildman–Crippen LogP) is 2.18. The number of methoxy groups -OCH3 is 1. The van der Waals surface area contributed by atoms with Crippen molar-refractivity contribution in [3.63, 3.8) is 0 Å². The number of phenols is 1. The van der Waals surface area contributed by atoms with Crippen molar-refractivity contribution in [2.24, 2.45) is 0 Å². The van der Waals surface area contributed by atoms with Crippen molar-refractivity contribution < 1.29 is 24.2 Å². The van der Waals surface area contributed by atoms with Crippen LogP contribution >= 0.6 is 0 Å². The number of ketones is 2. The van der Waals surface area contributed by atoms with E-state index in [1.807, 2.05) is 0 Å². The number of carbonyl (C=O) groups excluding carboxylic acids is 3. The van der Waals surface area contributed by atoms with Crippen LogP contribution in [-0.4, -0.2) is 29.7 Å². The molecule has 26 heavy (non-hydrogen) atoms. The lowest BCUT2D eigenvalue weighted by atomic mass is 9.75. The number of nitrogens with one attached hydrogen (secondary N) is 1. The van der Waals surface area contributed by atoms with E-state index in [2.05, 4.69) is 5.32 Å². The maximum atomic E-state index is 12.8. The van der Waals surface area contributed by atoms with Gasteiger partial charge in [0, 0.05) is 29.0 Å². The van der Waals surface area contributed by atoms with Crippen LogP contribution in [0.4, 0.5) is 0 Å². The van der Waals surface area contributed by atoms with E-state index < -0.39 is 17.5 Å². The van der Waals surface area contributed by atoms with Gasteiger partial charge in [0.1, 0.15) is 0 Å². The zero-order chi connectivity index (χ0) is 18.4. The Balaban J connectivity index is 1.92. The summed E-state index contributed by atoms with van der Waals surface area (Å²) in [5.74, 6) is -1.87. The molecular weight excluding hydrogens is 334 g/mol. The van der Waals surface area contributed by atoms with Crippen molar-refractivity contribution in [2.45, 2.75) is 12.3 Å². The first-order chi connectivity index (χ1) is 12.5. The second kappa shape index (κ2) is 5.84. The Bertz CT molecular complexity index is 1010. The number of amides is 1. The lowest BCUT2D eigenvalue weighted by Gasteiger charge is -2.31. The Hall–Kier alpha value is -3.41. The van der Waals surface area contributed by atoms with Crippen molar-refractivity contribution >= 4 is 23.2 Å². The molecule has 0 saturated heterocycles. The maximum absolute atomic E-state index is 12.8. The minimum absolute atomic E-state index is 0.0196. The van der Waals surface area contributed by atoms with Gasteiger partial charge >= 0.3 is 0 Å². The van der Waals surface area contributed by atoms with Gasteiger partial charge in [0.05, 0.1) is 12.8 Å². The van der Waals surface area contributed by atoms with E-state index in [0.29, 0.717) is 22.6 Å². The minimum atomic E-state index is -0.626. The highest BCUT2D eigenvalue weighted by Gasteiger charge is 2.41. The van der Waals surface area contributed by atoms with Gasteiger partial charge in [0.25, 0.3) is 0 Å². The number of allylic oxidation sites excluding steroid dienone is 1. The molecule has 6 heteroatoms. The normalized spacial score (nSPS) is 19.0. The summed E-state index contributed by atoms with van der Waals surface area (Å²) in [5.41, 5.74) is 2.04. The number of hydrogen-bond donors (Lipinski definition) is 2. The van der Waals surface area contributed by atoms with Crippen LogP contribution in [-0.2, 0) is 9.59 Å². The first-order valence-corrected chi connectivity index (χ1v) is 8.10. The molecule has 0 aromatic heterocycles. The number of rotatable bonds is 2. The molecule has 0 fully saturated rings. The van der Waals surface area contributed by atoms with Gasteiger partial charge in [-0.3, -0.25) is 14.4 Å². The standard InChI is InChI=1S/C20H15NO5/c1-26-15-7-6-10(8-14(15)22)13-9-16(23)21-18-11-4-2-3-5-12(11)19(24)20(25)17(13)18/h2-8,13,22H,9H2,1H3,(H,21,23). The molecular formula is C20H15NO5. The molecule has 2 aliphatic rings. The molecule has 1 atom stereocenters. The number of phenolic OH excluding ortho intramolecular Hbond substituents is 1. The Morgan fingerprint density at radius 3 is 2.46 bits per heavy atom. The molecule has 0 bridgehead atoms. The number of Topliss-reactive ketones (excluding diaryl/α,β-unsaturated/α-hetero) is 2. The van der Waals surface area contributed by atoms with Crippen LogP contribution in [0.3, 0.4) is 0 Å². The van der Waals surface area contributed by atoms with Gasteiger partial charge in [-0.1, -0.05) is 30.3 Å². The highest BCUT2D eigenvalue weighted by Crippen LogP contribution is 2.42. The summed E-state index contributed by atoms with van der Waals surface area (Å²) >= 11 is 0. The van der Waals surface area contributed by atoms with E-state index in [1.54, 1.807) is 36.4 Å². The molecule has 4 rings (SSSR count). The zero-order valence-corrected chi connectivity index (χ0v) is 13.9. The van der Waals surface area contributed by atoms with E-state index in [1.165, 1.54) is 13.2 Å². The molecule has 2 aromatic carbocycles. The highest BCUT2D eigenvalue weighted by atomic mass is 16.5. The van der Waals surface area contributed by atoms with E-state index in [0.717, 1.165) is 0 Å². The molecule has 2 N–H and O–H groups in total. The van der Waals surface area contributed by atoms with Crippen LogP contribution in [0.15, 0.2) is 48.0 Å². The third kappa shape index (κ3) is 2.30. The molecule has 1 amide bonds. The smallest absolute Gasteiger partial charge is 0.233 e. The van der Waals surface area contributed by atoms with Gasteiger partial charge in [-0.2, -0.15) is 0 Å². The van der Waals surface area contributed by atoms with Gasteiger partial charge in [0.15, 0.2) is 11.5 Å². The molecule has 0 saturated carbocycles. The number of ether oxygens (including phenoxy) is 1. The topological polar surface area (TPSA) is 92.7 Å². The average Bonchev–Trinajstić information content (AvgIpc) is 2.65. The molecule has 1 unspecified atom stereocenters. The summed E-state index contributed by atoms with van der Waals surface area (Å²) in [6.07, 6.45) is 0.0196. The van der Waals surface area contributed by atoms with Gasteiger partial charge < -0.3 is 15.2 Å². The first kappa shape index (κ1) is 16.1. The third-order valence-corrected chi connectivity index (χ3v) is 4.77. The number of hydrogen-bond acceptors (Lipinski definition) is 5. The SMILES string of the molecule is COc1ccc(C2CC(=O)NC3=C2C(=O)C(=O)c2ccccc23)cc1O. The number of aromatic hydroxyl groups is 1. The van der Waals surface area contributed by atoms with Crippen molar-refractivity contribution in [3.05, 3.63) is 64.7 Å². The lowest BCUT2D eigenvalue weighted by molar-refractivity contribution is -0.120. The van der Waals surface area contributed by atoms with Crippen molar-refractivity contribution in [1.82, 2.24) is 5.32 Å². The molecule has 1 aliphatic heterocycles. The number of benzene rings is 2. The van der Waals surface area contributed by atoms with Crippen LogP contribution in [0.25, 0.3) is 5.70 Å². The Morgan fingerprint density at radius 2 is 1.77 bits per heavy atom. The fourth-order valence-corrected chi connectivity index (χ4v) is 3.56.